The van der Waals surface area contributed by atoms with Crippen LogP contribution in [0.5, 0.6) is 0 Å². The molecule has 0 unspecified atom stereocenters. The van der Waals surface area contributed by atoms with Gasteiger partial charge in [-0.25, -0.2) is 17.5 Å². The van der Waals surface area contributed by atoms with Gasteiger partial charge in [-0.2, -0.15) is 0 Å². The Labute approximate surface area is 135 Å². The van der Waals surface area contributed by atoms with E-state index < -0.39 is 16.1 Å². The van der Waals surface area contributed by atoms with Gasteiger partial charge in [0.25, 0.3) is 0 Å². The second-order valence-corrected chi connectivity index (χ2v) is 7.29. The lowest BCUT2D eigenvalue weighted by atomic mass is 10.2. The van der Waals surface area contributed by atoms with Crippen molar-refractivity contribution in [2.75, 3.05) is 19.0 Å². The summed E-state index contributed by atoms with van der Waals surface area (Å²) in [4.78, 5) is 12.8. The third kappa shape index (κ3) is 3.88. The fourth-order valence-corrected chi connectivity index (χ4v) is 2.95. The van der Waals surface area contributed by atoms with Gasteiger partial charge in [0.15, 0.2) is 0 Å². The molecule has 1 amide bonds. The summed E-state index contributed by atoms with van der Waals surface area (Å²) < 4.78 is 25.2. The molecule has 0 heterocycles. The first-order valence-electron chi connectivity index (χ1n) is 6.89. The van der Waals surface area contributed by atoms with Gasteiger partial charge in [0.2, 0.25) is 10.0 Å². The predicted molar refractivity (Wildman–Crippen MR) is 88.0 cm³/mol. The molecule has 0 aliphatic heterocycles. The Morgan fingerprint density at radius 3 is 2.04 bits per heavy atom. The van der Waals surface area contributed by atoms with Crippen LogP contribution in [0.4, 0.5) is 10.5 Å². The third-order valence-corrected chi connectivity index (χ3v) is 5.17. The van der Waals surface area contributed by atoms with Crippen LogP contribution in [0.25, 0.3) is 0 Å². The highest BCUT2D eigenvalue weighted by atomic mass is 32.2. The van der Waals surface area contributed by atoms with Crippen molar-refractivity contribution in [3.05, 3.63) is 60.2 Å². The molecule has 0 aliphatic carbocycles. The van der Waals surface area contributed by atoms with Crippen molar-refractivity contribution >= 4 is 21.8 Å². The number of carbonyl (C=O) groups is 1. The molecule has 2 aromatic carbocycles. The van der Waals surface area contributed by atoms with Crippen LogP contribution in [0.15, 0.2) is 59.5 Å². The number of sulfonamides is 1. The van der Waals surface area contributed by atoms with E-state index in [1.54, 1.807) is 0 Å². The highest BCUT2D eigenvalue weighted by molar-refractivity contribution is 7.89. The first-order chi connectivity index (χ1) is 10.8. The molecule has 122 valence electrons. The normalized spacial score (nSPS) is 11.4. The molecule has 7 heteroatoms. The van der Waals surface area contributed by atoms with Crippen LogP contribution in [0, 0.1) is 0 Å². The van der Waals surface area contributed by atoms with E-state index in [-0.39, 0.29) is 11.4 Å². The van der Waals surface area contributed by atoms with Gasteiger partial charge in [-0.05, 0) is 29.8 Å². The molecular formula is C16H18N2O4S. The Bertz CT molecular complexity index is 771. The van der Waals surface area contributed by atoms with Gasteiger partial charge in [-0.15, -0.1) is 0 Å². The number of anilines is 1. The highest BCUT2D eigenvalue weighted by Crippen LogP contribution is 2.21. The summed E-state index contributed by atoms with van der Waals surface area (Å²) in [6.45, 7) is 0.190. The molecule has 6 nitrogen and oxygen atoms in total. The van der Waals surface area contributed by atoms with Crippen LogP contribution in [-0.2, 0) is 16.6 Å². The maximum absolute atomic E-state index is 12.0. The maximum Gasteiger partial charge on any atom is 0.412 e. The van der Waals surface area contributed by atoms with Crippen LogP contribution < -0.4 is 4.90 Å². The van der Waals surface area contributed by atoms with Gasteiger partial charge in [0, 0.05) is 19.8 Å². The molecule has 0 saturated heterocycles. The maximum atomic E-state index is 12.0. The number of rotatable bonds is 5. The van der Waals surface area contributed by atoms with Crippen LogP contribution in [-0.4, -0.2) is 38.0 Å². The Morgan fingerprint density at radius 1 is 1.00 bits per heavy atom. The lowest BCUT2D eigenvalue weighted by Gasteiger charge is -2.20. The summed E-state index contributed by atoms with van der Waals surface area (Å²) >= 11 is 0. The molecule has 2 aromatic rings. The molecule has 23 heavy (non-hydrogen) atoms. The first kappa shape index (κ1) is 17.0. The molecule has 0 spiro atoms. The SMILES string of the molecule is CN(C)S(=O)(=O)c1ccc(N(Cc2ccccc2)C(=O)O)cc1. The Hall–Kier alpha value is -2.38. The van der Waals surface area contributed by atoms with Gasteiger partial charge in [0.1, 0.15) is 0 Å². The smallest absolute Gasteiger partial charge is 0.412 e. The van der Waals surface area contributed by atoms with Gasteiger partial charge in [-0.1, -0.05) is 30.3 Å². The second kappa shape index (κ2) is 6.80. The van der Waals surface area contributed by atoms with Crippen molar-refractivity contribution in [3.8, 4) is 0 Å². The lowest BCUT2D eigenvalue weighted by Crippen LogP contribution is -2.28. The summed E-state index contributed by atoms with van der Waals surface area (Å²) in [5, 5.41) is 9.40. The minimum Gasteiger partial charge on any atom is -0.465 e. The zero-order valence-electron chi connectivity index (χ0n) is 12.9. The molecule has 0 radical (unpaired) electrons. The Balaban J connectivity index is 2.29. The number of hydrogen-bond donors (Lipinski definition) is 1. The molecule has 0 saturated carbocycles. The van der Waals surface area contributed by atoms with E-state index in [0.717, 1.165) is 9.87 Å². The quantitative estimate of drug-likeness (QED) is 0.912. The van der Waals surface area contributed by atoms with Crippen LogP contribution in [0.2, 0.25) is 0 Å². The number of amides is 1. The van der Waals surface area contributed by atoms with Crippen molar-refractivity contribution in [1.29, 1.82) is 0 Å². The zero-order valence-corrected chi connectivity index (χ0v) is 13.7. The summed E-state index contributed by atoms with van der Waals surface area (Å²) in [7, 11) is -0.638. The van der Waals surface area contributed by atoms with Crippen LogP contribution in [0.3, 0.4) is 0 Å². The largest absolute Gasteiger partial charge is 0.465 e. The van der Waals surface area contributed by atoms with Crippen molar-refractivity contribution in [3.63, 3.8) is 0 Å². The molecule has 1 N–H and O–H groups in total. The van der Waals surface area contributed by atoms with E-state index in [2.05, 4.69) is 0 Å². The number of nitrogens with zero attached hydrogens (tertiary/aromatic N) is 2. The second-order valence-electron chi connectivity index (χ2n) is 5.14. The standard InChI is InChI=1S/C16H18N2O4S/c1-17(2)23(21,22)15-10-8-14(9-11-15)18(16(19)20)12-13-6-4-3-5-7-13/h3-11H,12H2,1-2H3,(H,19,20). The van der Waals surface area contributed by atoms with E-state index in [9.17, 15) is 18.3 Å². The average Bonchev–Trinajstić information content (AvgIpc) is 2.53. The van der Waals surface area contributed by atoms with Gasteiger partial charge in [0.05, 0.1) is 11.4 Å². The van der Waals surface area contributed by atoms with E-state index >= 15 is 0 Å². The van der Waals surface area contributed by atoms with Gasteiger partial charge >= 0.3 is 6.09 Å². The molecular weight excluding hydrogens is 316 g/mol. The van der Waals surface area contributed by atoms with Gasteiger partial charge in [-0.3, -0.25) is 4.90 Å². The highest BCUT2D eigenvalue weighted by Gasteiger charge is 2.19. The molecule has 2 rings (SSSR count). The zero-order chi connectivity index (χ0) is 17.0. The average molecular weight is 334 g/mol. The van der Waals surface area contributed by atoms with Crippen molar-refractivity contribution < 1.29 is 18.3 Å². The van der Waals surface area contributed by atoms with Crippen molar-refractivity contribution in [2.45, 2.75) is 11.4 Å². The van der Waals surface area contributed by atoms with E-state index in [0.29, 0.717) is 5.69 Å². The van der Waals surface area contributed by atoms with Crippen LogP contribution in [0.1, 0.15) is 5.56 Å². The lowest BCUT2D eigenvalue weighted by molar-refractivity contribution is 0.201. The molecule has 0 fully saturated rings. The van der Waals surface area contributed by atoms with Crippen molar-refractivity contribution in [2.24, 2.45) is 0 Å². The van der Waals surface area contributed by atoms with E-state index in [1.165, 1.54) is 43.3 Å². The fourth-order valence-electron chi connectivity index (χ4n) is 2.04. The van der Waals surface area contributed by atoms with Gasteiger partial charge < -0.3 is 5.11 Å². The third-order valence-electron chi connectivity index (χ3n) is 3.34. The fraction of sp³-hybridized carbons (Fsp3) is 0.188. The topological polar surface area (TPSA) is 77.9 Å². The molecule has 0 aliphatic rings. The molecule has 0 bridgehead atoms. The summed E-state index contributed by atoms with van der Waals surface area (Å²) in [6, 6.07) is 15.0. The number of benzene rings is 2. The van der Waals surface area contributed by atoms with Crippen LogP contribution >= 0.6 is 0 Å². The molecule has 0 atom stereocenters. The molecule has 0 aromatic heterocycles. The summed E-state index contributed by atoms with van der Waals surface area (Å²) in [5.41, 5.74) is 1.26. The Kier molecular flexibility index (Phi) is 5.02. The number of hydrogen-bond acceptors (Lipinski definition) is 3. The Morgan fingerprint density at radius 2 is 1.57 bits per heavy atom. The minimum absolute atomic E-state index is 0.122. The predicted octanol–water partition coefficient (Wildman–Crippen LogP) is 2.62. The number of carboxylic acid groups (broad SMARTS) is 1. The van der Waals surface area contributed by atoms with E-state index in [1.807, 2.05) is 30.3 Å². The summed E-state index contributed by atoms with van der Waals surface area (Å²) in [6.07, 6.45) is -1.10. The van der Waals surface area contributed by atoms with E-state index in [4.69, 9.17) is 0 Å². The summed E-state index contributed by atoms with van der Waals surface area (Å²) in [5.74, 6) is 0. The first-order valence-corrected chi connectivity index (χ1v) is 8.33. The van der Waals surface area contributed by atoms with Crippen molar-refractivity contribution in [1.82, 2.24) is 4.31 Å². The monoisotopic (exact) mass is 334 g/mol. The minimum atomic E-state index is -3.53.